The number of urea groups is 1. The molecule has 16 heteroatoms. The molecule has 4 atom stereocenters. The van der Waals surface area contributed by atoms with Gasteiger partial charge in [-0.2, -0.15) is 0 Å². The monoisotopic (exact) mass is 805 g/mol. The Hall–Kier alpha value is -4.70. The number of carbonyl (C=O) groups is 5. The van der Waals surface area contributed by atoms with E-state index in [0.29, 0.717) is 55.9 Å². The van der Waals surface area contributed by atoms with Crippen molar-refractivity contribution in [2.24, 2.45) is 17.6 Å². The third-order valence-electron chi connectivity index (χ3n) is 10.7. The summed E-state index contributed by atoms with van der Waals surface area (Å²) < 4.78 is 1.57. The fraction of sp³-hybridized carbons (Fsp3) is 0.585. The summed E-state index contributed by atoms with van der Waals surface area (Å²) in [4.78, 5) is 68.8. The molecule has 1 unspecified atom stereocenters. The van der Waals surface area contributed by atoms with Gasteiger partial charge in [-0.1, -0.05) is 81.5 Å². The number of carbonyl (C=O) groups excluding carboxylic acids is 5. The number of nitrogens with zero attached hydrogens (tertiary/aromatic N) is 4. The van der Waals surface area contributed by atoms with E-state index in [0.717, 1.165) is 54.6 Å². The third kappa shape index (κ3) is 12.4. The summed E-state index contributed by atoms with van der Waals surface area (Å²) in [6.07, 6.45) is 8.73. The molecule has 15 nitrogen and oxygen atoms in total. The summed E-state index contributed by atoms with van der Waals surface area (Å²) in [5, 5.41) is 31.4. The molecule has 1 aromatic heterocycles. The molecule has 2 fully saturated rings. The van der Waals surface area contributed by atoms with Crippen molar-refractivity contribution in [3.8, 4) is 0 Å². The van der Waals surface area contributed by atoms with Crippen LogP contribution < -0.4 is 27.0 Å². The van der Waals surface area contributed by atoms with Crippen LogP contribution in [-0.2, 0) is 15.2 Å². The van der Waals surface area contributed by atoms with Crippen molar-refractivity contribution in [2.75, 3.05) is 19.6 Å². The second-order valence-corrected chi connectivity index (χ2v) is 17.5. The van der Waals surface area contributed by atoms with Gasteiger partial charge in [-0.15, -0.1) is 5.10 Å². The second-order valence-electron chi connectivity index (χ2n) is 16.3. The lowest BCUT2D eigenvalue weighted by Crippen LogP contribution is -2.55. The molecular formula is C41H59N9O6S. The van der Waals surface area contributed by atoms with Crippen LogP contribution in [0.5, 0.6) is 0 Å². The highest BCUT2D eigenvalue weighted by atomic mass is 32.2. The van der Waals surface area contributed by atoms with E-state index in [1.165, 1.54) is 11.1 Å². The Labute approximate surface area is 339 Å². The lowest BCUT2D eigenvalue weighted by molar-refractivity contribution is -0.140. The van der Waals surface area contributed by atoms with E-state index in [4.69, 9.17) is 5.73 Å². The Kier molecular flexibility index (Phi) is 15.3. The van der Waals surface area contributed by atoms with E-state index in [-0.39, 0.29) is 36.7 Å². The first kappa shape index (κ1) is 43.4. The summed E-state index contributed by atoms with van der Waals surface area (Å²) >= 11 is 0.799. The molecule has 5 rings (SSSR count). The minimum absolute atomic E-state index is 0.0779. The smallest absolute Gasteiger partial charge is 0.314 e. The zero-order chi connectivity index (χ0) is 41.1. The van der Waals surface area contributed by atoms with Crippen LogP contribution in [0.3, 0.4) is 0 Å². The van der Waals surface area contributed by atoms with Crippen molar-refractivity contribution in [2.45, 2.75) is 121 Å². The van der Waals surface area contributed by atoms with Crippen molar-refractivity contribution in [1.29, 1.82) is 0 Å². The fourth-order valence-corrected chi connectivity index (χ4v) is 8.50. The van der Waals surface area contributed by atoms with E-state index in [1.54, 1.807) is 24.6 Å². The van der Waals surface area contributed by atoms with E-state index in [2.05, 4.69) is 31.6 Å². The molecule has 2 aromatic carbocycles. The van der Waals surface area contributed by atoms with Gasteiger partial charge in [-0.05, 0) is 86.0 Å². The number of hydrogen-bond acceptors (Lipinski definition) is 9. The number of thioether (sulfide) groups is 1. The summed E-state index contributed by atoms with van der Waals surface area (Å²) in [5.74, 6) is -0.693. The van der Waals surface area contributed by atoms with Gasteiger partial charge in [0.15, 0.2) is 0 Å². The van der Waals surface area contributed by atoms with Gasteiger partial charge in [0.1, 0.15) is 17.7 Å². The van der Waals surface area contributed by atoms with E-state index in [1.807, 2.05) is 50.2 Å². The zero-order valence-corrected chi connectivity index (χ0v) is 34.4. The fourth-order valence-electron chi connectivity index (χ4n) is 7.76. The molecule has 6 amide bonds. The molecule has 1 saturated carbocycles. The van der Waals surface area contributed by atoms with Crippen molar-refractivity contribution in [3.63, 3.8) is 0 Å². The summed E-state index contributed by atoms with van der Waals surface area (Å²) in [7, 11) is 0. The standard InChI is InChI=1S/C41H59N9O6S/c1-26(2)23-44-40(55)43-19-11-10-16-35(57-39(42)54)47-37(52)33-22-31(50-34(24-45-48-50)41(3,4)56)25-49(33)38(53)32(20-27-12-6-5-7-13-27)46-36(51)30-18-17-28-14-8-9-15-29(28)21-30/h8-9,14-15,17-18,21,24,26-27,31-33,35,56H,5-7,10-13,16,19-20,22-23,25H2,1-4H3,(H2,42,54)(H,46,51)(H,47,52)(H2,43,44,55)/t31-,32+,33-,35?/m0/s1. The Morgan fingerprint density at radius 3 is 2.42 bits per heavy atom. The SMILES string of the molecule is CC(C)CNC(=O)NCCCCC(NC(=O)[C@@H]1C[C@H](n2nncc2C(C)(C)O)CN1C(=O)[C@@H](CC1CCCCC1)NC(=O)c1ccc2ccccc2c1)SC(N)=O. The molecule has 0 bridgehead atoms. The number of hydrogen-bond donors (Lipinski definition) is 6. The first-order valence-corrected chi connectivity index (χ1v) is 21.1. The van der Waals surface area contributed by atoms with Crippen LogP contribution in [0.25, 0.3) is 10.8 Å². The maximum atomic E-state index is 14.9. The third-order valence-corrected chi connectivity index (χ3v) is 11.6. The summed E-state index contributed by atoms with van der Waals surface area (Å²) in [6.45, 7) is 8.30. The topological polar surface area (TPSA) is 214 Å². The van der Waals surface area contributed by atoms with Gasteiger partial charge < -0.3 is 37.0 Å². The molecule has 1 saturated heterocycles. The molecule has 7 N–H and O–H groups in total. The van der Waals surface area contributed by atoms with Gasteiger partial charge in [0, 0.05) is 31.6 Å². The predicted molar refractivity (Wildman–Crippen MR) is 220 cm³/mol. The van der Waals surface area contributed by atoms with Gasteiger partial charge in [0.2, 0.25) is 11.8 Å². The van der Waals surface area contributed by atoms with Crippen molar-refractivity contribution >= 4 is 51.5 Å². The van der Waals surface area contributed by atoms with Crippen molar-refractivity contribution < 1.29 is 29.1 Å². The lowest BCUT2D eigenvalue weighted by atomic mass is 9.84. The molecule has 2 aliphatic rings. The van der Waals surface area contributed by atoms with Crippen LogP contribution >= 0.6 is 11.8 Å². The number of aliphatic hydroxyl groups is 1. The number of nitrogens with two attached hydrogens (primary N) is 1. The number of aromatic nitrogens is 3. The lowest BCUT2D eigenvalue weighted by Gasteiger charge is -2.32. The van der Waals surface area contributed by atoms with Gasteiger partial charge >= 0.3 is 6.03 Å². The van der Waals surface area contributed by atoms with Crippen LogP contribution in [0, 0.1) is 11.8 Å². The number of fused-ring (bicyclic) bond motifs is 1. The van der Waals surface area contributed by atoms with Crippen molar-refractivity contribution in [3.05, 3.63) is 59.9 Å². The van der Waals surface area contributed by atoms with E-state index < -0.39 is 40.2 Å². The minimum atomic E-state index is -1.30. The molecule has 3 aromatic rings. The Bertz CT molecular complexity index is 1860. The largest absolute Gasteiger partial charge is 0.384 e. The van der Waals surface area contributed by atoms with E-state index in [9.17, 15) is 29.1 Å². The molecule has 1 aliphatic heterocycles. The summed E-state index contributed by atoms with van der Waals surface area (Å²) in [5.41, 5.74) is 5.14. The number of nitrogens with one attached hydrogen (secondary N) is 4. The number of primary amides is 1. The zero-order valence-electron chi connectivity index (χ0n) is 33.5. The Balaban J connectivity index is 1.36. The predicted octanol–water partition coefficient (Wildman–Crippen LogP) is 4.95. The number of likely N-dealkylation sites (tertiary alicyclic amines) is 1. The van der Waals surface area contributed by atoms with Crippen LogP contribution in [0.4, 0.5) is 9.59 Å². The highest BCUT2D eigenvalue weighted by Crippen LogP contribution is 2.34. The average molecular weight is 806 g/mol. The second kappa shape index (κ2) is 20.1. The molecule has 310 valence electrons. The quantitative estimate of drug-likeness (QED) is 0.0804. The number of rotatable bonds is 17. The van der Waals surface area contributed by atoms with Crippen LogP contribution in [0.2, 0.25) is 0 Å². The Morgan fingerprint density at radius 2 is 1.72 bits per heavy atom. The van der Waals surface area contributed by atoms with Gasteiger partial charge in [0.25, 0.3) is 11.1 Å². The van der Waals surface area contributed by atoms with Crippen LogP contribution in [-0.4, -0.2) is 91.1 Å². The molecule has 1 aliphatic carbocycles. The van der Waals surface area contributed by atoms with Gasteiger partial charge in [0.05, 0.1) is 23.3 Å². The summed E-state index contributed by atoms with van der Waals surface area (Å²) in [6, 6.07) is 10.5. The maximum Gasteiger partial charge on any atom is 0.314 e. The molecule has 0 spiro atoms. The molecule has 2 heterocycles. The highest BCUT2D eigenvalue weighted by Gasteiger charge is 2.45. The minimum Gasteiger partial charge on any atom is -0.384 e. The molecule has 0 radical (unpaired) electrons. The van der Waals surface area contributed by atoms with Crippen LogP contribution in [0.15, 0.2) is 48.7 Å². The maximum absolute atomic E-state index is 14.9. The number of amides is 6. The highest BCUT2D eigenvalue weighted by molar-refractivity contribution is 8.14. The number of benzene rings is 2. The molecule has 57 heavy (non-hydrogen) atoms. The molecular weight excluding hydrogens is 747 g/mol. The van der Waals surface area contributed by atoms with Gasteiger partial charge in [-0.3, -0.25) is 19.2 Å². The van der Waals surface area contributed by atoms with Gasteiger partial charge in [-0.25, -0.2) is 9.48 Å². The average Bonchev–Trinajstić information content (AvgIpc) is 3.85. The van der Waals surface area contributed by atoms with E-state index >= 15 is 0 Å². The Morgan fingerprint density at radius 1 is 0.982 bits per heavy atom. The first-order valence-electron chi connectivity index (χ1n) is 20.2. The van der Waals surface area contributed by atoms with Crippen molar-refractivity contribution in [1.82, 2.24) is 41.2 Å². The number of unbranched alkanes of at least 4 members (excludes halogenated alkanes) is 1. The normalized spacial score (nSPS) is 18.6. The first-order chi connectivity index (χ1) is 27.2. The van der Waals surface area contributed by atoms with Crippen LogP contribution in [0.1, 0.15) is 114 Å².